The SMILES string of the molecule is CCc1ccc(S(=O)(=O)Nc2ccc(O)cc2F)s1. The van der Waals surface area contributed by atoms with Crippen LogP contribution in [0.1, 0.15) is 11.8 Å². The van der Waals surface area contributed by atoms with Crippen molar-refractivity contribution in [3.63, 3.8) is 0 Å². The van der Waals surface area contributed by atoms with Crippen LogP contribution in [0, 0.1) is 5.82 Å². The first-order chi connectivity index (χ1) is 8.92. The highest BCUT2D eigenvalue weighted by atomic mass is 32.2. The Balaban J connectivity index is 2.30. The van der Waals surface area contributed by atoms with Crippen LogP contribution in [0.3, 0.4) is 0 Å². The van der Waals surface area contributed by atoms with Crippen molar-refractivity contribution in [2.75, 3.05) is 4.72 Å². The zero-order valence-corrected chi connectivity index (χ0v) is 11.7. The van der Waals surface area contributed by atoms with E-state index >= 15 is 0 Å². The van der Waals surface area contributed by atoms with Gasteiger partial charge in [-0.2, -0.15) is 0 Å². The first-order valence-electron chi connectivity index (χ1n) is 5.52. The summed E-state index contributed by atoms with van der Waals surface area (Å²) in [7, 11) is -3.79. The molecule has 19 heavy (non-hydrogen) atoms. The maximum absolute atomic E-state index is 13.5. The third kappa shape index (κ3) is 3.05. The van der Waals surface area contributed by atoms with Crippen LogP contribution in [0.5, 0.6) is 5.75 Å². The van der Waals surface area contributed by atoms with E-state index < -0.39 is 15.8 Å². The molecule has 4 nitrogen and oxygen atoms in total. The fourth-order valence-electron chi connectivity index (χ4n) is 1.47. The Morgan fingerprint density at radius 1 is 1.32 bits per heavy atom. The molecule has 0 amide bonds. The van der Waals surface area contributed by atoms with Crippen molar-refractivity contribution in [1.29, 1.82) is 0 Å². The average Bonchev–Trinajstić information content (AvgIpc) is 2.82. The predicted molar refractivity (Wildman–Crippen MR) is 72.6 cm³/mol. The maximum Gasteiger partial charge on any atom is 0.271 e. The topological polar surface area (TPSA) is 66.4 Å². The third-order valence-electron chi connectivity index (χ3n) is 2.45. The van der Waals surface area contributed by atoms with Crippen LogP contribution in [0.4, 0.5) is 10.1 Å². The minimum absolute atomic E-state index is 0.136. The first kappa shape index (κ1) is 13.8. The van der Waals surface area contributed by atoms with Gasteiger partial charge in [0.15, 0.2) is 5.82 Å². The largest absolute Gasteiger partial charge is 0.508 e. The van der Waals surface area contributed by atoms with E-state index in [2.05, 4.69) is 4.72 Å². The maximum atomic E-state index is 13.5. The van der Waals surface area contributed by atoms with Crippen LogP contribution in [-0.2, 0) is 16.4 Å². The molecule has 2 N–H and O–H groups in total. The quantitative estimate of drug-likeness (QED) is 0.853. The number of thiophene rings is 1. The van der Waals surface area contributed by atoms with Crippen molar-refractivity contribution < 1.29 is 17.9 Å². The molecule has 7 heteroatoms. The molecule has 0 aliphatic heterocycles. The molecular formula is C12H12FNO3S2. The van der Waals surface area contributed by atoms with Gasteiger partial charge in [0.2, 0.25) is 0 Å². The summed E-state index contributed by atoms with van der Waals surface area (Å²) in [5, 5.41) is 9.07. The van der Waals surface area contributed by atoms with Gasteiger partial charge in [-0.1, -0.05) is 6.92 Å². The van der Waals surface area contributed by atoms with Crippen molar-refractivity contribution >= 4 is 27.0 Å². The molecular weight excluding hydrogens is 289 g/mol. The van der Waals surface area contributed by atoms with E-state index in [4.69, 9.17) is 5.11 Å². The van der Waals surface area contributed by atoms with E-state index in [1.165, 1.54) is 18.2 Å². The number of halogens is 1. The smallest absolute Gasteiger partial charge is 0.271 e. The van der Waals surface area contributed by atoms with Crippen LogP contribution in [0.25, 0.3) is 0 Å². The molecule has 0 saturated carbocycles. The lowest BCUT2D eigenvalue weighted by Gasteiger charge is -2.07. The highest BCUT2D eigenvalue weighted by Crippen LogP contribution is 2.26. The molecule has 1 heterocycles. The second-order valence-corrected chi connectivity index (χ2v) is 6.92. The Bertz CT molecular complexity index is 695. The van der Waals surface area contributed by atoms with E-state index in [0.29, 0.717) is 0 Å². The fourth-order valence-corrected chi connectivity index (χ4v) is 3.84. The summed E-state index contributed by atoms with van der Waals surface area (Å²) in [5.41, 5.74) is -0.191. The van der Waals surface area contributed by atoms with Gasteiger partial charge < -0.3 is 5.11 Å². The minimum Gasteiger partial charge on any atom is -0.508 e. The molecule has 0 saturated heterocycles. The number of nitrogens with one attached hydrogen (secondary N) is 1. The number of sulfonamides is 1. The third-order valence-corrected chi connectivity index (χ3v) is 5.53. The molecule has 2 rings (SSSR count). The molecule has 2 aromatic rings. The predicted octanol–water partition coefficient (Wildman–Crippen LogP) is 2.96. The normalized spacial score (nSPS) is 11.5. The Morgan fingerprint density at radius 2 is 2.05 bits per heavy atom. The van der Waals surface area contributed by atoms with Crippen LogP contribution < -0.4 is 4.72 Å². The number of benzene rings is 1. The van der Waals surface area contributed by atoms with Crippen LogP contribution in [-0.4, -0.2) is 13.5 Å². The summed E-state index contributed by atoms with van der Waals surface area (Å²) in [5.74, 6) is -1.08. The molecule has 102 valence electrons. The summed E-state index contributed by atoms with van der Waals surface area (Å²) in [6.07, 6.45) is 0.744. The summed E-state index contributed by atoms with van der Waals surface area (Å²) >= 11 is 1.15. The summed E-state index contributed by atoms with van der Waals surface area (Å²) in [6, 6.07) is 6.46. The first-order valence-corrected chi connectivity index (χ1v) is 7.82. The number of phenolic OH excluding ortho intramolecular Hbond substituents is 1. The van der Waals surface area contributed by atoms with Gasteiger partial charge in [-0.3, -0.25) is 4.72 Å². The molecule has 0 aliphatic carbocycles. The molecule has 0 aliphatic rings. The summed E-state index contributed by atoms with van der Waals surface area (Å²) < 4.78 is 39.9. The molecule has 0 bridgehead atoms. The van der Waals surface area contributed by atoms with Gasteiger partial charge in [-0.15, -0.1) is 11.3 Å². The van der Waals surface area contributed by atoms with Crippen molar-refractivity contribution in [3.05, 3.63) is 41.0 Å². The van der Waals surface area contributed by atoms with Crippen LogP contribution in [0.15, 0.2) is 34.5 Å². The fraction of sp³-hybridized carbons (Fsp3) is 0.167. The van der Waals surface area contributed by atoms with Gasteiger partial charge in [0.25, 0.3) is 10.0 Å². The summed E-state index contributed by atoms with van der Waals surface area (Å²) in [4.78, 5) is 0.937. The average molecular weight is 301 g/mol. The van der Waals surface area contributed by atoms with Crippen molar-refractivity contribution in [2.45, 2.75) is 17.6 Å². The van der Waals surface area contributed by atoms with Gasteiger partial charge >= 0.3 is 0 Å². The molecule has 1 aromatic heterocycles. The highest BCUT2D eigenvalue weighted by Gasteiger charge is 2.18. The zero-order valence-electron chi connectivity index (χ0n) is 10.1. The van der Waals surface area contributed by atoms with Gasteiger partial charge in [0.05, 0.1) is 5.69 Å². The van der Waals surface area contributed by atoms with Gasteiger partial charge in [-0.25, -0.2) is 12.8 Å². The van der Waals surface area contributed by atoms with Crippen LogP contribution in [0.2, 0.25) is 0 Å². The molecule has 0 radical (unpaired) electrons. The lowest BCUT2D eigenvalue weighted by Crippen LogP contribution is -2.12. The van der Waals surface area contributed by atoms with Crippen LogP contribution >= 0.6 is 11.3 Å². The van der Waals surface area contributed by atoms with E-state index in [9.17, 15) is 12.8 Å². The number of rotatable bonds is 4. The summed E-state index contributed by atoms with van der Waals surface area (Å²) in [6.45, 7) is 1.93. The van der Waals surface area contributed by atoms with Crippen molar-refractivity contribution in [1.82, 2.24) is 0 Å². The van der Waals surface area contributed by atoms with Gasteiger partial charge in [0.1, 0.15) is 9.96 Å². The number of aryl methyl sites for hydroxylation is 1. The van der Waals surface area contributed by atoms with E-state index in [0.717, 1.165) is 28.7 Å². The second kappa shape index (κ2) is 5.18. The minimum atomic E-state index is -3.79. The van der Waals surface area contributed by atoms with E-state index in [1.54, 1.807) is 6.07 Å². The Kier molecular flexibility index (Phi) is 3.77. The number of anilines is 1. The number of hydrogen-bond acceptors (Lipinski definition) is 4. The lowest BCUT2D eigenvalue weighted by molar-refractivity contribution is 0.469. The number of aromatic hydroxyl groups is 1. The highest BCUT2D eigenvalue weighted by molar-refractivity contribution is 7.94. The lowest BCUT2D eigenvalue weighted by atomic mass is 10.3. The second-order valence-electron chi connectivity index (χ2n) is 3.84. The Hall–Kier alpha value is -1.60. The van der Waals surface area contributed by atoms with Gasteiger partial charge in [0, 0.05) is 10.9 Å². The molecule has 1 aromatic carbocycles. The monoisotopic (exact) mass is 301 g/mol. The molecule has 0 atom stereocenters. The molecule has 0 unspecified atom stereocenters. The Labute approximate surface area is 114 Å². The van der Waals surface area contributed by atoms with E-state index in [-0.39, 0.29) is 15.6 Å². The molecule has 0 fully saturated rings. The van der Waals surface area contributed by atoms with E-state index in [1.807, 2.05) is 6.92 Å². The van der Waals surface area contributed by atoms with Gasteiger partial charge in [-0.05, 0) is 30.7 Å². The number of hydrogen-bond donors (Lipinski definition) is 2. The zero-order chi connectivity index (χ0) is 14.0. The standard InChI is InChI=1S/C12H12FNO3S2/c1-2-9-4-6-12(18-9)19(16,17)14-11-5-3-8(15)7-10(11)13/h3-7,14-15H,2H2,1H3. The van der Waals surface area contributed by atoms with Crippen molar-refractivity contribution in [3.8, 4) is 5.75 Å². The van der Waals surface area contributed by atoms with Crippen molar-refractivity contribution in [2.24, 2.45) is 0 Å². The Morgan fingerprint density at radius 3 is 2.63 bits per heavy atom. The molecule has 0 spiro atoms. The number of phenols is 1.